The van der Waals surface area contributed by atoms with Crippen LogP contribution in [0.5, 0.6) is 0 Å². The smallest absolute Gasteiger partial charge is 0.241 e. The standard InChI is InChI=1S/C17H23N3O4S/c1-12(17(22)20-9-3-2-4-10-20)19-25(23,24)14-6-7-15-13(11-14)5-8-16(21)18-15/h6-7,11-12,19H,2-5,8-10H2,1H3,(H,18,21)/t12-/m0/s1. The van der Waals surface area contributed by atoms with Gasteiger partial charge in [0, 0.05) is 25.2 Å². The number of carbonyl (C=O) groups excluding carboxylic acids is 2. The largest absolute Gasteiger partial charge is 0.341 e. The Hall–Kier alpha value is -1.93. The Morgan fingerprint density at radius 2 is 1.92 bits per heavy atom. The van der Waals surface area contributed by atoms with E-state index in [1.54, 1.807) is 24.0 Å². The van der Waals surface area contributed by atoms with Crippen LogP contribution in [0.15, 0.2) is 23.1 Å². The molecule has 0 aliphatic carbocycles. The number of rotatable bonds is 4. The third-order valence-corrected chi connectivity index (χ3v) is 6.19. The molecule has 0 saturated carbocycles. The maximum atomic E-state index is 12.6. The molecule has 7 nitrogen and oxygen atoms in total. The Labute approximate surface area is 147 Å². The van der Waals surface area contributed by atoms with Crippen molar-refractivity contribution < 1.29 is 18.0 Å². The van der Waals surface area contributed by atoms with Gasteiger partial charge in [-0.25, -0.2) is 8.42 Å². The van der Waals surface area contributed by atoms with Crippen LogP contribution >= 0.6 is 0 Å². The van der Waals surface area contributed by atoms with Crippen molar-refractivity contribution in [1.82, 2.24) is 9.62 Å². The van der Waals surface area contributed by atoms with Crippen LogP contribution in [0.1, 0.15) is 38.2 Å². The molecule has 8 heteroatoms. The van der Waals surface area contributed by atoms with Crippen molar-refractivity contribution in [3.63, 3.8) is 0 Å². The average Bonchev–Trinajstić information content (AvgIpc) is 2.60. The Morgan fingerprint density at radius 1 is 1.20 bits per heavy atom. The summed E-state index contributed by atoms with van der Waals surface area (Å²) in [5, 5.41) is 2.73. The van der Waals surface area contributed by atoms with Gasteiger partial charge in [0.25, 0.3) is 0 Å². The maximum Gasteiger partial charge on any atom is 0.241 e. The lowest BCUT2D eigenvalue weighted by molar-refractivity contribution is -0.133. The van der Waals surface area contributed by atoms with Gasteiger partial charge in [-0.2, -0.15) is 4.72 Å². The predicted octanol–water partition coefficient (Wildman–Crippen LogP) is 1.25. The van der Waals surface area contributed by atoms with E-state index in [1.807, 2.05) is 0 Å². The quantitative estimate of drug-likeness (QED) is 0.839. The van der Waals surface area contributed by atoms with Crippen molar-refractivity contribution in [3.05, 3.63) is 23.8 Å². The van der Waals surface area contributed by atoms with Crippen molar-refractivity contribution in [2.24, 2.45) is 0 Å². The highest BCUT2D eigenvalue weighted by atomic mass is 32.2. The minimum absolute atomic E-state index is 0.0676. The van der Waals surface area contributed by atoms with E-state index in [2.05, 4.69) is 10.0 Å². The molecular formula is C17H23N3O4S. The van der Waals surface area contributed by atoms with Crippen LogP contribution in [0, 0.1) is 0 Å². The van der Waals surface area contributed by atoms with Gasteiger partial charge in [0.1, 0.15) is 0 Å². The van der Waals surface area contributed by atoms with Gasteiger partial charge < -0.3 is 10.2 Å². The lowest BCUT2D eigenvalue weighted by Gasteiger charge is -2.29. The first kappa shape index (κ1) is 17.9. The van der Waals surface area contributed by atoms with E-state index in [0.29, 0.717) is 31.6 Å². The second-order valence-electron chi connectivity index (χ2n) is 6.60. The van der Waals surface area contributed by atoms with Crippen LogP contribution < -0.4 is 10.0 Å². The van der Waals surface area contributed by atoms with Gasteiger partial charge in [0.15, 0.2) is 0 Å². The molecule has 1 fully saturated rings. The van der Waals surface area contributed by atoms with Crippen LogP contribution in [-0.2, 0) is 26.0 Å². The minimum Gasteiger partial charge on any atom is -0.341 e. The van der Waals surface area contributed by atoms with Crippen LogP contribution in [0.25, 0.3) is 0 Å². The van der Waals surface area contributed by atoms with Gasteiger partial charge in [-0.3, -0.25) is 9.59 Å². The number of amides is 2. The first-order valence-corrected chi connectivity index (χ1v) is 10.1. The number of hydrogen-bond acceptors (Lipinski definition) is 4. The Morgan fingerprint density at radius 3 is 2.64 bits per heavy atom. The Bertz CT molecular complexity index is 785. The molecule has 1 atom stereocenters. The fraction of sp³-hybridized carbons (Fsp3) is 0.529. The maximum absolute atomic E-state index is 12.6. The molecule has 1 aromatic rings. The monoisotopic (exact) mass is 365 g/mol. The molecule has 136 valence electrons. The molecule has 2 heterocycles. The molecule has 1 aromatic carbocycles. The summed E-state index contributed by atoms with van der Waals surface area (Å²) in [6, 6.07) is 3.80. The summed E-state index contributed by atoms with van der Waals surface area (Å²) in [6.45, 7) is 2.94. The zero-order valence-corrected chi connectivity index (χ0v) is 15.1. The first-order chi connectivity index (χ1) is 11.9. The summed E-state index contributed by atoms with van der Waals surface area (Å²) < 4.78 is 27.7. The zero-order chi connectivity index (χ0) is 18.0. The van der Waals surface area contributed by atoms with Gasteiger partial charge in [-0.1, -0.05) is 0 Å². The van der Waals surface area contributed by atoms with Gasteiger partial charge in [0.2, 0.25) is 21.8 Å². The second-order valence-corrected chi connectivity index (χ2v) is 8.31. The molecule has 0 aromatic heterocycles. The van der Waals surface area contributed by atoms with E-state index in [0.717, 1.165) is 24.8 Å². The van der Waals surface area contributed by atoms with Crippen LogP contribution in [0.2, 0.25) is 0 Å². The molecular weight excluding hydrogens is 342 g/mol. The molecule has 0 spiro atoms. The number of piperidine rings is 1. The second kappa shape index (κ2) is 7.13. The van der Waals surface area contributed by atoms with Gasteiger partial charge in [-0.05, 0) is 56.4 Å². The summed E-state index contributed by atoms with van der Waals surface area (Å²) in [5.74, 6) is -0.254. The van der Waals surface area contributed by atoms with Crippen molar-refractivity contribution in [2.45, 2.75) is 50.0 Å². The van der Waals surface area contributed by atoms with E-state index in [-0.39, 0.29) is 16.7 Å². The topological polar surface area (TPSA) is 95.6 Å². The molecule has 2 N–H and O–H groups in total. The first-order valence-electron chi connectivity index (χ1n) is 8.61. The predicted molar refractivity (Wildman–Crippen MR) is 93.6 cm³/mol. The third kappa shape index (κ3) is 4.01. The lowest BCUT2D eigenvalue weighted by Crippen LogP contribution is -2.48. The van der Waals surface area contributed by atoms with E-state index >= 15 is 0 Å². The van der Waals surface area contributed by atoms with Crippen molar-refractivity contribution >= 4 is 27.5 Å². The summed E-state index contributed by atoms with van der Waals surface area (Å²) in [4.78, 5) is 25.7. The lowest BCUT2D eigenvalue weighted by atomic mass is 10.0. The average molecular weight is 365 g/mol. The van der Waals surface area contributed by atoms with Gasteiger partial charge >= 0.3 is 0 Å². The summed E-state index contributed by atoms with van der Waals surface area (Å²) in [6.07, 6.45) is 3.87. The molecule has 2 amide bonds. The Balaban J connectivity index is 1.73. The van der Waals surface area contributed by atoms with E-state index in [1.165, 1.54) is 6.07 Å². The normalized spacial score (nSPS) is 19.1. The van der Waals surface area contributed by atoms with Crippen LogP contribution in [0.4, 0.5) is 5.69 Å². The van der Waals surface area contributed by atoms with E-state index in [9.17, 15) is 18.0 Å². The van der Waals surface area contributed by atoms with Crippen molar-refractivity contribution in [2.75, 3.05) is 18.4 Å². The van der Waals surface area contributed by atoms with Crippen LogP contribution in [0.3, 0.4) is 0 Å². The van der Waals surface area contributed by atoms with E-state index < -0.39 is 16.1 Å². The van der Waals surface area contributed by atoms with Gasteiger partial charge in [-0.15, -0.1) is 0 Å². The van der Waals surface area contributed by atoms with Crippen molar-refractivity contribution in [1.29, 1.82) is 0 Å². The molecule has 2 aliphatic rings. The SMILES string of the molecule is C[C@H](NS(=O)(=O)c1ccc2c(c1)CCC(=O)N2)C(=O)N1CCCCC1. The highest BCUT2D eigenvalue weighted by molar-refractivity contribution is 7.89. The summed E-state index contributed by atoms with van der Waals surface area (Å²) in [5.41, 5.74) is 1.44. The highest BCUT2D eigenvalue weighted by Gasteiger charge is 2.27. The summed E-state index contributed by atoms with van der Waals surface area (Å²) >= 11 is 0. The number of benzene rings is 1. The number of nitrogens with one attached hydrogen (secondary N) is 2. The van der Waals surface area contributed by atoms with Gasteiger partial charge in [0.05, 0.1) is 10.9 Å². The molecule has 0 unspecified atom stereocenters. The fourth-order valence-corrected chi connectivity index (χ4v) is 4.51. The van der Waals surface area contributed by atoms with Crippen LogP contribution in [-0.4, -0.2) is 44.3 Å². The zero-order valence-electron chi connectivity index (χ0n) is 14.2. The number of aryl methyl sites for hydroxylation is 1. The number of hydrogen-bond donors (Lipinski definition) is 2. The number of likely N-dealkylation sites (tertiary alicyclic amines) is 1. The van der Waals surface area contributed by atoms with E-state index in [4.69, 9.17) is 0 Å². The highest BCUT2D eigenvalue weighted by Crippen LogP contribution is 2.25. The summed E-state index contributed by atoms with van der Waals surface area (Å²) in [7, 11) is -3.80. The number of carbonyl (C=O) groups is 2. The molecule has 0 bridgehead atoms. The molecule has 3 rings (SSSR count). The molecule has 1 saturated heterocycles. The third-order valence-electron chi connectivity index (χ3n) is 4.65. The number of fused-ring (bicyclic) bond motifs is 1. The molecule has 0 radical (unpaired) electrons. The molecule has 25 heavy (non-hydrogen) atoms. The number of nitrogens with zero attached hydrogens (tertiary/aromatic N) is 1. The minimum atomic E-state index is -3.80. The Kier molecular flexibility index (Phi) is 5.10. The number of sulfonamides is 1. The van der Waals surface area contributed by atoms with Crippen molar-refractivity contribution in [3.8, 4) is 0 Å². The number of anilines is 1. The fourth-order valence-electron chi connectivity index (χ4n) is 3.27. The molecule has 2 aliphatic heterocycles.